The van der Waals surface area contributed by atoms with Crippen LogP contribution in [0, 0.1) is 0 Å². The molecule has 0 aliphatic heterocycles. The summed E-state index contributed by atoms with van der Waals surface area (Å²) in [5.41, 5.74) is 0. The molecule has 1 heterocycles. The van der Waals surface area contributed by atoms with Gasteiger partial charge in [0.15, 0.2) is 5.78 Å². The molecule has 0 saturated carbocycles. The molecule has 0 aliphatic carbocycles. The van der Waals surface area contributed by atoms with Gasteiger partial charge >= 0.3 is 0 Å². The van der Waals surface area contributed by atoms with E-state index in [0.29, 0.717) is 0 Å². The van der Waals surface area contributed by atoms with Crippen LogP contribution in [0.1, 0.15) is 17.0 Å². The normalized spacial score (nSPS) is 10.1. The molecule has 1 aromatic rings. The average molecular weight is 128 g/mol. The van der Waals surface area contributed by atoms with Crippen LogP contribution in [-0.4, -0.2) is 15.7 Å². The molecule has 0 unspecified atom stereocenters. The Kier molecular flexibility index (Phi) is 1.40. The van der Waals surface area contributed by atoms with Crippen molar-refractivity contribution in [1.82, 2.24) is 9.96 Å². The number of hydrogen-bond acceptors (Lipinski definition) is 2. The minimum absolute atomic E-state index is 0.0837. The predicted molar refractivity (Wildman–Crippen MR) is 31.1 cm³/mol. The highest BCUT2D eigenvalue weighted by Crippen LogP contribution is 2.07. The molecule has 4 heteroatoms. The van der Waals surface area contributed by atoms with Gasteiger partial charge < -0.3 is 0 Å². The molecule has 0 fully saturated rings. The van der Waals surface area contributed by atoms with Gasteiger partial charge in [-0.05, 0) is 6.92 Å². The summed E-state index contributed by atoms with van der Waals surface area (Å²) in [6.45, 7) is 1.53. The third-order valence-electron chi connectivity index (χ3n) is 0.776. The Labute approximate surface area is 48.3 Å². The van der Waals surface area contributed by atoms with Crippen LogP contribution in [0.25, 0.3) is 0 Å². The number of carbonyl (C=O) groups is 1. The van der Waals surface area contributed by atoms with E-state index in [0.717, 1.165) is 13.6 Å². The first-order valence-electron chi connectivity index (χ1n) is 2.17. The van der Waals surface area contributed by atoms with E-state index < -0.39 is 0 Å². The molecule has 0 aliphatic rings. The molecule has 3 nitrogen and oxygen atoms in total. The molecule has 0 bridgehead atoms. The van der Waals surface area contributed by atoms with E-state index in [1.165, 1.54) is 6.92 Å². The van der Waals surface area contributed by atoms with Crippen molar-refractivity contribution in [3.05, 3.63) is 11.5 Å². The van der Waals surface area contributed by atoms with Gasteiger partial charge in [0.2, 0.25) is 0 Å². The Morgan fingerprint density at radius 3 is 3.00 bits per heavy atom. The van der Waals surface area contributed by atoms with Crippen molar-refractivity contribution in [2.75, 3.05) is 0 Å². The fraction of sp³-hybridized carbons (Fsp3) is 0.250. The highest BCUT2D eigenvalue weighted by atomic mass is 31.0. The summed E-state index contributed by atoms with van der Waals surface area (Å²) >= 11 is 0. The molecule has 1 N–H and O–H groups in total. The summed E-state index contributed by atoms with van der Waals surface area (Å²) in [5, 5.41) is 4.37. The summed E-state index contributed by atoms with van der Waals surface area (Å²) in [6.07, 6.45) is 1.55. The molecule has 0 radical (unpaired) electrons. The van der Waals surface area contributed by atoms with E-state index in [-0.39, 0.29) is 5.78 Å². The Morgan fingerprint density at radius 1 is 2.00 bits per heavy atom. The Bertz CT molecular complexity index is 182. The third-order valence-corrected chi connectivity index (χ3v) is 1.66. The van der Waals surface area contributed by atoms with Gasteiger partial charge in [-0.3, -0.25) is 9.66 Å². The monoisotopic (exact) mass is 128 g/mol. The summed E-state index contributed by atoms with van der Waals surface area (Å²) in [4.78, 5) is 13.1. The summed E-state index contributed by atoms with van der Waals surface area (Å²) in [7, 11) is 0.810. The number of ketones is 1. The highest BCUT2D eigenvalue weighted by Gasteiger charge is 1.97. The van der Waals surface area contributed by atoms with Gasteiger partial charge in [0, 0.05) is 8.35 Å². The molecule has 0 saturated heterocycles. The number of aromatic amines is 1. The van der Waals surface area contributed by atoms with E-state index in [2.05, 4.69) is 9.96 Å². The number of hydrogen-bond donors (Lipinski definition) is 1. The lowest BCUT2D eigenvalue weighted by atomic mass is 10.4. The number of H-pyrrole nitrogens is 1. The van der Waals surface area contributed by atoms with Crippen molar-refractivity contribution < 1.29 is 4.79 Å². The minimum atomic E-state index is 0.0837. The third kappa shape index (κ3) is 0.928. The molecular formula is C4H5N2OP. The maximum Gasteiger partial charge on any atom is 0.167 e. The molecule has 0 spiro atoms. The maximum absolute atomic E-state index is 10.5. The van der Waals surface area contributed by atoms with Crippen molar-refractivity contribution in [1.29, 1.82) is 0 Å². The second kappa shape index (κ2) is 2.05. The van der Waals surface area contributed by atoms with Crippen LogP contribution in [0.5, 0.6) is 0 Å². The largest absolute Gasteiger partial charge is 0.294 e. The standard InChI is InChI=1S/C4H5N2OP/c1-3(7)4-2-5-6-8-4/h2H,1H3,(H,5,6). The van der Waals surface area contributed by atoms with Gasteiger partial charge in [0.05, 0.1) is 11.5 Å². The number of Topliss-reactive ketones (excluding diaryl/α,β-unsaturated/α-hetero) is 1. The first-order chi connectivity index (χ1) is 3.80. The van der Waals surface area contributed by atoms with Gasteiger partial charge in [-0.1, -0.05) is 0 Å². The number of aromatic nitrogens is 2. The fourth-order valence-corrected chi connectivity index (χ4v) is 0.867. The first-order valence-corrected chi connectivity index (χ1v) is 3.07. The van der Waals surface area contributed by atoms with Crippen molar-refractivity contribution >= 4 is 14.1 Å². The van der Waals surface area contributed by atoms with Crippen LogP contribution in [0.4, 0.5) is 0 Å². The van der Waals surface area contributed by atoms with Crippen LogP contribution in [-0.2, 0) is 0 Å². The number of nitrogens with one attached hydrogen (secondary N) is 1. The van der Waals surface area contributed by atoms with Gasteiger partial charge in [0.25, 0.3) is 0 Å². The lowest BCUT2D eigenvalue weighted by molar-refractivity contribution is 0.102. The first kappa shape index (κ1) is 5.45. The molecular weight excluding hydrogens is 123 g/mol. The second-order valence-corrected chi connectivity index (χ2v) is 2.32. The minimum Gasteiger partial charge on any atom is -0.294 e. The van der Waals surface area contributed by atoms with Gasteiger partial charge in [-0.25, -0.2) is 0 Å². The zero-order chi connectivity index (χ0) is 5.98. The van der Waals surface area contributed by atoms with Crippen LogP contribution in [0.2, 0.25) is 0 Å². The lowest BCUT2D eigenvalue weighted by Crippen LogP contribution is -1.82. The molecule has 1 aromatic heterocycles. The van der Waals surface area contributed by atoms with Crippen LogP contribution >= 0.6 is 8.35 Å². The molecule has 1 rings (SSSR count). The molecule has 0 amide bonds. The zero-order valence-corrected chi connectivity index (χ0v) is 5.27. The van der Waals surface area contributed by atoms with Crippen molar-refractivity contribution in [3.63, 3.8) is 0 Å². The van der Waals surface area contributed by atoms with Crippen LogP contribution in [0.3, 0.4) is 0 Å². The summed E-state index contributed by atoms with van der Waals surface area (Å²) < 4.78 is 0. The lowest BCUT2D eigenvalue weighted by Gasteiger charge is -1.76. The number of rotatable bonds is 1. The smallest absolute Gasteiger partial charge is 0.167 e. The van der Waals surface area contributed by atoms with Crippen LogP contribution < -0.4 is 0 Å². The topological polar surface area (TPSA) is 45.8 Å². The van der Waals surface area contributed by atoms with E-state index in [1.54, 1.807) is 6.20 Å². The Hall–Kier alpha value is -0.690. The molecule has 0 aromatic carbocycles. The van der Waals surface area contributed by atoms with Crippen molar-refractivity contribution in [2.24, 2.45) is 0 Å². The number of carbonyl (C=O) groups excluding carboxylic acids is 1. The highest BCUT2D eigenvalue weighted by molar-refractivity contribution is 7.27. The van der Waals surface area contributed by atoms with Crippen LogP contribution in [0.15, 0.2) is 6.20 Å². The Morgan fingerprint density at radius 2 is 2.75 bits per heavy atom. The predicted octanol–water partition coefficient (Wildman–Crippen LogP) is 1.19. The molecule has 8 heavy (non-hydrogen) atoms. The van der Waals surface area contributed by atoms with Crippen molar-refractivity contribution in [3.8, 4) is 0 Å². The van der Waals surface area contributed by atoms with Crippen molar-refractivity contribution in [2.45, 2.75) is 6.92 Å². The molecule has 42 valence electrons. The average Bonchev–Trinajstić information content (AvgIpc) is 2.12. The van der Waals surface area contributed by atoms with Gasteiger partial charge in [0.1, 0.15) is 0 Å². The summed E-state index contributed by atoms with van der Waals surface area (Å²) in [5.74, 6) is 0.0837. The summed E-state index contributed by atoms with van der Waals surface area (Å²) in [6, 6.07) is 0. The fourth-order valence-electron chi connectivity index (χ4n) is 0.371. The van der Waals surface area contributed by atoms with E-state index in [1.807, 2.05) is 0 Å². The van der Waals surface area contributed by atoms with Gasteiger partial charge in [-0.15, -0.1) is 0 Å². The molecule has 0 atom stereocenters. The van der Waals surface area contributed by atoms with E-state index in [9.17, 15) is 4.79 Å². The maximum atomic E-state index is 10.5. The number of nitrogens with zero attached hydrogens (tertiary/aromatic N) is 1. The van der Waals surface area contributed by atoms with E-state index >= 15 is 0 Å². The quantitative estimate of drug-likeness (QED) is 0.577. The SMILES string of the molecule is CC(=O)c1cn[nH]p1. The van der Waals surface area contributed by atoms with Gasteiger partial charge in [-0.2, -0.15) is 5.10 Å². The Balaban J connectivity index is 2.93. The second-order valence-electron chi connectivity index (χ2n) is 1.41. The zero-order valence-electron chi connectivity index (χ0n) is 4.38. The van der Waals surface area contributed by atoms with E-state index in [4.69, 9.17) is 0 Å².